The van der Waals surface area contributed by atoms with Crippen LogP contribution in [0.2, 0.25) is 0 Å². The molecule has 1 nitrogen and oxygen atoms in total. The fourth-order valence-electron chi connectivity index (χ4n) is 2.53. The van der Waals surface area contributed by atoms with E-state index in [0.717, 1.165) is 18.6 Å². The molecule has 0 bridgehead atoms. The summed E-state index contributed by atoms with van der Waals surface area (Å²) in [7, 11) is 0. The van der Waals surface area contributed by atoms with Crippen molar-refractivity contribution >= 4 is 11.6 Å². The molecule has 0 spiro atoms. The van der Waals surface area contributed by atoms with E-state index in [9.17, 15) is 0 Å². The molecule has 1 aromatic rings. The first-order valence-corrected chi connectivity index (χ1v) is 7.31. The Morgan fingerprint density at radius 1 is 1.00 bits per heavy atom. The lowest BCUT2D eigenvalue weighted by atomic mass is 9.86. The van der Waals surface area contributed by atoms with E-state index in [1.807, 2.05) is 30.3 Å². The van der Waals surface area contributed by atoms with Gasteiger partial charge in [0.05, 0.1) is 5.88 Å². The van der Waals surface area contributed by atoms with Gasteiger partial charge >= 0.3 is 0 Å². The maximum Gasteiger partial charge on any atom is 0.123 e. The highest BCUT2D eigenvalue weighted by atomic mass is 35.5. The van der Waals surface area contributed by atoms with E-state index in [1.165, 1.54) is 0 Å². The number of para-hydroxylation sites is 1. The Bertz CT molecular complexity index is 322. The summed E-state index contributed by atoms with van der Waals surface area (Å²) in [5.74, 6) is 2.61. The summed E-state index contributed by atoms with van der Waals surface area (Å²) in [4.78, 5) is 0. The first kappa shape index (κ1) is 15.4. The van der Waals surface area contributed by atoms with Crippen LogP contribution in [-0.2, 0) is 0 Å². The van der Waals surface area contributed by atoms with Gasteiger partial charge in [0.15, 0.2) is 0 Å². The SMILES string of the molecule is CC(C)CC(CCl)(CC(C)C)Oc1ccccc1. The van der Waals surface area contributed by atoms with Crippen molar-refractivity contribution in [3.8, 4) is 5.75 Å². The molecule has 0 N–H and O–H groups in total. The zero-order valence-corrected chi connectivity index (χ0v) is 12.7. The molecule has 0 atom stereocenters. The molecule has 0 unspecified atom stereocenters. The number of ether oxygens (including phenoxy) is 1. The predicted molar refractivity (Wildman–Crippen MR) is 79.4 cm³/mol. The van der Waals surface area contributed by atoms with Crippen LogP contribution in [-0.4, -0.2) is 11.5 Å². The summed E-state index contributed by atoms with van der Waals surface area (Å²) in [5.41, 5.74) is -0.245. The highest BCUT2D eigenvalue weighted by molar-refractivity contribution is 6.18. The van der Waals surface area contributed by atoms with Crippen molar-refractivity contribution < 1.29 is 4.74 Å². The molecule has 0 radical (unpaired) electrons. The predicted octanol–water partition coefficient (Wildman–Crippen LogP) is 5.14. The molecule has 0 aliphatic carbocycles. The lowest BCUT2D eigenvalue weighted by Crippen LogP contribution is -2.41. The molecule has 18 heavy (non-hydrogen) atoms. The Hall–Kier alpha value is -0.690. The van der Waals surface area contributed by atoms with Gasteiger partial charge in [-0.25, -0.2) is 0 Å². The van der Waals surface area contributed by atoms with Crippen molar-refractivity contribution in [2.24, 2.45) is 11.8 Å². The minimum absolute atomic E-state index is 0.245. The standard InChI is InChI=1S/C16H25ClO/c1-13(2)10-16(12-17,11-14(3)4)18-15-8-6-5-7-9-15/h5-9,13-14H,10-12H2,1-4H3. The molecule has 0 saturated heterocycles. The average Bonchev–Trinajstić information content (AvgIpc) is 2.28. The third-order valence-corrected chi connectivity index (χ3v) is 3.37. The van der Waals surface area contributed by atoms with Crippen LogP contribution < -0.4 is 4.74 Å². The summed E-state index contributed by atoms with van der Waals surface area (Å²) in [6.07, 6.45) is 1.98. The van der Waals surface area contributed by atoms with Crippen molar-refractivity contribution in [1.29, 1.82) is 0 Å². The van der Waals surface area contributed by atoms with Crippen molar-refractivity contribution in [2.75, 3.05) is 5.88 Å². The molecule has 2 heteroatoms. The molecule has 0 saturated carbocycles. The van der Waals surface area contributed by atoms with E-state index in [4.69, 9.17) is 16.3 Å². The molecule has 0 heterocycles. The van der Waals surface area contributed by atoms with E-state index in [1.54, 1.807) is 0 Å². The third-order valence-electron chi connectivity index (χ3n) is 2.88. The topological polar surface area (TPSA) is 9.23 Å². The lowest BCUT2D eigenvalue weighted by Gasteiger charge is -2.35. The van der Waals surface area contributed by atoms with Gasteiger partial charge in [-0.2, -0.15) is 0 Å². The summed E-state index contributed by atoms with van der Waals surface area (Å²) < 4.78 is 6.24. The molecule has 1 aromatic carbocycles. The largest absolute Gasteiger partial charge is 0.486 e. The number of benzene rings is 1. The van der Waals surface area contributed by atoms with Crippen LogP contribution in [0.4, 0.5) is 0 Å². The molecule has 0 aliphatic heterocycles. The summed E-state index contributed by atoms with van der Waals surface area (Å²) in [6, 6.07) is 10.0. The Labute approximate surface area is 116 Å². The monoisotopic (exact) mass is 268 g/mol. The van der Waals surface area contributed by atoms with Crippen molar-refractivity contribution in [3.63, 3.8) is 0 Å². The number of hydrogen-bond acceptors (Lipinski definition) is 1. The molecule has 0 amide bonds. The average molecular weight is 269 g/mol. The number of halogens is 1. The van der Waals surface area contributed by atoms with E-state index < -0.39 is 0 Å². The van der Waals surface area contributed by atoms with Gasteiger partial charge in [0.25, 0.3) is 0 Å². The van der Waals surface area contributed by atoms with Crippen LogP contribution in [0.15, 0.2) is 30.3 Å². The smallest absolute Gasteiger partial charge is 0.123 e. The van der Waals surface area contributed by atoms with Gasteiger partial charge in [-0.1, -0.05) is 45.9 Å². The molecule has 0 aromatic heterocycles. The Morgan fingerprint density at radius 3 is 1.89 bits per heavy atom. The minimum Gasteiger partial charge on any atom is -0.486 e. The molecule has 1 rings (SSSR count). The normalized spacial score (nSPS) is 12.2. The van der Waals surface area contributed by atoms with E-state index in [0.29, 0.717) is 17.7 Å². The molecular formula is C16H25ClO. The molecule has 102 valence electrons. The maximum absolute atomic E-state index is 6.24. The second-order valence-electron chi connectivity index (χ2n) is 5.93. The quantitative estimate of drug-likeness (QED) is 0.623. The first-order valence-electron chi connectivity index (χ1n) is 6.77. The van der Waals surface area contributed by atoms with Gasteiger partial charge in [-0.05, 0) is 36.8 Å². The first-order chi connectivity index (χ1) is 8.47. The van der Waals surface area contributed by atoms with Crippen LogP contribution >= 0.6 is 11.6 Å². The molecular weight excluding hydrogens is 244 g/mol. The summed E-state index contributed by atoms with van der Waals surface area (Å²) in [6.45, 7) is 8.87. The highest BCUT2D eigenvalue weighted by Crippen LogP contribution is 2.31. The van der Waals surface area contributed by atoms with Gasteiger partial charge in [-0.15, -0.1) is 11.6 Å². The number of rotatable bonds is 7. The van der Waals surface area contributed by atoms with Gasteiger partial charge in [0, 0.05) is 0 Å². The Morgan fingerprint density at radius 2 is 1.50 bits per heavy atom. The zero-order valence-electron chi connectivity index (χ0n) is 11.9. The van der Waals surface area contributed by atoms with Crippen LogP contribution in [0.5, 0.6) is 5.75 Å². The summed E-state index contributed by atoms with van der Waals surface area (Å²) in [5, 5.41) is 0. The van der Waals surface area contributed by atoms with Gasteiger partial charge in [-0.3, -0.25) is 0 Å². The molecule has 0 aliphatic rings. The van der Waals surface area contributed by atoms with Crippen LogP contribution in [0, 0.1) is 11.8 Å². The van der Waals surface area contributed by atoms with Crippen molar-refractivity contribution in [2.45, 2.75) is 46.1 Å². The summed E-state index contributed by atoms with van der Waals surface area (Å²) >= 11 is 6.24. The van der Waals surface area contributed by atoms with Crippen molar-refractivity contribution in [3.05, 3.63) is 30.3 Å². The maximum atomic E-state index is 6.24. The lowest BCUT2D eigenvalue weighted by molar-refractivity contribution is 0.0479. The van der Waals surface area contributed by atoms with Crippen molar-refractivity contribution in [1.82, 2.24) is 0 Å². The van der Waals surface area contributed by atoms with E-state index in [2.05, 4.69) is 27.7 Å². The van der Waals surface area contributed by atoms with Crippen LogP contribution in [0.1, 0.15) is 40.5 Å². The second kappa shape index (κ2) is 7.04. The van der Waals surface area contributed by atoms with Gasteiger partial charge in [0.2, 0.25) is 0 Å². The number of alkyl halides is 1. The zero-order chi connectivity index (χ0) is 13.6. The highest BCUT2D eigenvalue weighted by Gasteiger charge is 2.33. The Kier molecular flexibility index (Phi) is 6.01. The van der Waals surface area contributed by atoms with E-state index >= 15 is 0 Å². The fourth-order valence-corrected chi connectivity index (χ4v) is 2.80. The van der Waals surface area contributed by atoms with E-state index in [-0.39, 0.29) is 5.60 Å². The Balaban J connectivity index is 2.87. The second-order valence-corrected chi connectivity index (χ2v) is 6.19. The van der Waals surface area contributed by atoms with Crippen LogP contribution in [0.3, 0.4) is 0 Å². The minimum atomic E-state index is -0.245. The number of hydrogen-bond donors (Lipinski definition) is 0. The van der Waals surface area contributed by atoms with Gasteiger partial charge in [0.1, 0.15) is 11.4 Å². The van der Waals surface area contributed by atoms with Crippen LogP contribution in [0.25, 0.3) is 0 Å². The third kappa shape index (κ3) is 4.89. The van der Waals surface area contributed by atoms with Gasteiger partial charge < -0.3 is 4.74 Å². The fraction of sp³-hybridized carbons (Fsp3) is 0.625. The molecule has 0 fully saturated rings.